The number of anilines is 1. The van der Waals surface area contributed by atoms with Gasteiger partial charge in [-0.05, 0) is 26.3 Å². The van der Waals surface area contributed by atoms with Crippen LogP contribution in [0.15, 0.2) is 18.2 Å². The number of carbonyl (C=O) groups is 1. The number of nitrogens with zero attached hydrogens (tertiary/aromatic N) is 1. The molecule has 0 aliphatic carbocycles. The second kappa shape index (κ2) is 6.09. The zero-order valence-corrected chi connectivity index (χ0v) is 12.1. The first-order valence-corrected chi connectivity index (χ1v) is 6.88. The third-order valence-corrected chi connectivity index (χ3v) is 3.46. The van der Waals surface area contributed by atoms with E-state index in [0.717, 1.165) is 6.42 Å². The van der Waals surface area contributed by atoms with E-state index in [0.29, 0.717) is 25.4 Å². The molecule has 1 aliphatic rings. The van der Waals surface area contributed by atoms with Crippen molar-refractivity contribution in [1.29, 1.82) is 0 Å². The highest BCUT2D eigenvalue weighted by molar-refractivity contribution is 6.00. The molecule has 0 radical (unpaired) electrons. The molecular weight excluding hydrogens is 274 g/mol. The van der Waals surface area contributed by atoms with Gasteiger partial charge in [-0.25, -0.2) is 0 Å². The summed E-state index contributed by atoms with van der Waals surface area (Å²) in [6.07, 6.45) is 0.726. The summed E-state index contributed by atoms with van der Waals surface area (Å²) < 4.78 is 5.30. The van der Waals surface area contributed by atoms with E-state index in [2.05, 4.69) is 10.6 Å². The Bertz CT molecular complexity index is 553. The number of non-ortho nitro benzene ring substituents is 1. The van der Waals surface area contributed by atoms with Crippen molar-refractivity contribution in [2.24, 2.45) is 0 Å². The van der Waals surface area contributed by atoms with Gasteiger partial charge in [0, 0.05) is 31.0 Å². The summed E-state index contributed by atoms with van der Waals surface area (Å²) in [5.41, 5.74) is 0.336. The largest absolute Gasteiger partial charge is 0.385 e. The van der Waals surface area contributed by atoms with Crippen molar-refractivity contribution < 1.29 is 14.5 Å². The van der Waals surface area contributed by atoms with Crippen LogP contribution in [0.4, 0.5) is 11.4 Å². The van der Waals surface area contributed by atoms with E-state index in [1.807, 2.05) is 13.8 Å². The maximum absolute atomic E-state index is 12.4. The lowest BCUT2D eigenvalue weighted by atomic mass is 10.0. The number of amides is 1. The highest BCUT2D eigenvalue weighted by Crippen LogP contribution is 2.24. The van der Waals surface area contributed by atoms with Gasteiger partial charge in [-0.3, -0.25) is 14.9 Å². The van der Waals surface area contributed by atoms with Crippen LogP contribution in [0.25, 0.3) is 0 Å². The van der Waals surface area contributed by atoms with Crippen molar-refractivity contribution in [2.75, 3.05) is 25.1 Å². The van der Waals surface area contributed by atoms with Crippen LogP contribution in [0, 0.1) is 10.1 Å². The number of benzene rings is 1. The van der Waals surface area contributed by atoms with E-state index in [9.17, 15) is 14.9 Å². The van der Waals surface area contributed by atoms with Crippen molar-refractivity contribution >= 4 is 17.3 Å². The van der Waals surface area contributed by atoms with Crippen LogP contribution in [0.1, 0.15) is 30.6 Å². The summed E-state index contributed by atoms with van der Waals surface area (Å²) >= 11 is 0. The van der Waals surface area contributed by atoms with Gasteiger partial charge in [-0.15, -0.1) is 0 Å². The number of hydrogen-bond donors (Lipinski definition) is 2. The van der Waals surface area contributed by atoms with Gasteiger partial charge >= 0.3 is 0 Å². The number of nitro benzene ring substituents is 1. The summed E-state index contributed by atoms with van der Waals surface area (Å²) in [6, 6.07) is 4.24. The number of nitro groups is 1. The van der Waals surface area contributed by atoms with Gasteiger partial charge in [0.2, 0.25) is 0 Å². The third kappa shape index (κ3) is 3.49. The molecule has 1 aromatic rings. The molecule has 1 saturated heterocycles. The standard InChI is InChI=1S/C14H19N3O4/c1-3-15-12-5-4-10(17(19)20)8-11(12)13(18)16-14(2)6-7-21-9-14/h4-5,8,15H,3,6-7,9H2,1-2H3,(H,16,18). The van der Waals surface area contributed by atoms with Crippen molar-refractivity contribution in [1.82, 2.24) is 5.32 Å². The van der Waals surface area contributed by atoms with Gasteiger partial charge < -0.3 is 15.4 Å². The summed E-state index contributed by atoms with van der Waals surface area (Å²) in [6.45, 7) is 5.48. The number of rotatable bonds is 5. The van der Waals surface area contributed by atoms with Gasteiger partial charge in [0.15, 0.2) is 0 Å². The Labute approximate surface area is 122 Å². The van der Waals surface area contributed by atoms with E-state index in [4.69, 9.17) is 4.74 Å². The molecule has 0 bridgehead atoms. The molecule has 1 aliphatic heterocycles. The molecule has 7 nitrogen and oxygen atoms in total. The lowest BCUT2D eigenvalue weighted by Gasteiger charge is -2.24. The van der Waals surface area contributed by atoms with E-state index >= 15 is 0 Å². The molecular formula is C14H19N3O4. The number of ether oxygens (including phenoxy) is 1. The van der Waals surface area contributed by atoms with Crippen LogP contribution >= 0.6 is 0 Å². The first-order chi connectivity index (χ1) is 9.95. The lowest BCUT2D eigenvalue weighted by molar-refractivity contribution is -0.384. The SMILES string of the molecule is CCNc1ccc([N+](=O)[O-])cc1C(=O)NC1(C)CCOC1. The fourth-order valence-corrected chi connectivity index (χ4v) is 2.29. The van der Waals surface area contributed by atoms with E-state index in [-0.39, 0.29) is 17.2 Å². The van der Waals surface area contributed by atoms with Crippen LogP contribution in [0.5, 0.6) is 0 Å². The molecule has 0 saturated carbocycles. The Balaban J connectivity index is 2.28. The van der Waals surface area contributed by atoms with Crippen molar-refractivity contribution in [3.8, 4) is 0 Å². The smallest absolute Gasteiger partial charge is 0.270 e. The van der Waals surface area contributed by atoms with Gasteiger partial charge in [-0.1, -0.05) is 0 Å². The summed E-state index contributed by atoms with van der Waals surface area (Å²) in [5, 5.41) is 16.8. The van der Waals surface area contributed by atoms with Crippen molar-refractivity contribution in [3.63, 3.8) is 0 Å². The zero-order chi connectivity index (χ0) is 15.5. The fraction of sp³-hybridized carbons (Fsp3) is 0.500. The van der Waals surface area contributed by atoms with E-state index in [1.54, 1.807) is 6.07 Å². The molecule has 7 heteroatoms. The third-order valence-electron chi connectivity index (χ3n) is 3.46. The maximum Gasteiger partial charge on any atom is 0.270 e. The van der Waals surface area contributed by atoms with Crippen LogP contribution in [0.3, 0.4) is 0 Å². The summed E-state index contributed by atoms with van der Waals surface area (Å²) in [4.78, 5) is 22.8. The average molecular weight is 293 g/mol. The Morgan fingerprint density at radius 1 is 1.52 bits per heavy atom. The van der Waals surface area contributed by atoms with Gasteiger partial charge in [0.25, 0.3) is 11.6 Å². The second-order valence-electron chi connectivity index (χ2n) is 5.33. The van der Waals surface area contributed by atoms with Gasteiger partial charge in [0.05, 0.1) is 22.6 Å². The fourth-order valence-electron chi connectivity index (χ4n) is 2.29. The minimum atomic E-state index is -0.507. The minimum absolute atomic E-state index is 0.102. The average Bonchev–Trinajstić information content (AvgIpc) is 2.85. The predicted octanol–water partition coefficient (Wildman–Crippen LogP) is 1.94. The molecule has 1 amide bonds. The molecule has 114 valence electrons. The number of carbonyl (C=O) groups excluding carboxylic acids is 1. The molecule has 2 N–H and O–H groups in total. The minimum Gasteiger partial charge on any atom is -0.385 e. The molecule has 1 heterocycles. The van der Waals surface area contributed by atoms with Crippen LogP contribution < -0.4 is 10.6 Å². The van der Waals surface area contributed by atoms with Crippen molar-refractivity contribution in [3.05, 3.63) is 33.9 Å². The van der Waals surface area contributed by atoms with Crippen LogP contribution in [-0.2, 0) is 4.74 Å². The molecule has 21 heavy (non-hydrogen) atoms. The number of nitrogens with one attached hydrogen (secondary N) is 2. The summed E-state index contributed by atoms with van der Waals surface area (Å²) in [5.74, 6) is -0.331. The highest BCUT2D eigenvalue weighted by atomic mass is 16.6. The highest BCUT2D eigenvalue weighted by Gasteiger charge is 2.32. The monoisotopic (exact) mass is 293 g/mol. The normalized spacial score (nSPS) is 21.0. The Morgan fingerprint density at radius 2 is 2.29 bits per heavy atom. The second-order valence-corrected chi connectivity index (χ2v) is 5.33. The molecule has 0 spiro atoms. The molecule has 0 aromatic heterocycles. The Morgan fingerprint density at radius 3 is 2.86 bits per heavy atom. The molecule has 1 atom stereocenters. The first-order valence-electron chi connectivity index (χ1n) is 6.88. The van der Waals surface area contributed by atoms with E-state index in [1.165, 1.54) is 12.1 Å². The topological polar surface area (TPSA) is 93.5 Å². The maximum atomic E-state index is 12.4. The van der Waals surface area contributed by atoms with Crippen molar-refractivity contribution in [2.45, 2.75) is 25.8 Å². The quantitative estimate of drug-likeness (QED) is 0.639. The molecule has 1 unspecified atom stereocenters. The molecule has 1 aromatic carbocycles. The Hall–Kier alpha value is -2.15. The first kappa shape index (κ1) is 15.2. The number of hydrogen-bond acceptors (Lipinski definition) is 5. The molecule has 2 rings (SSSR count). The van der Waals surface area contributed by atoms with Crippen LogP contribution in [0.2, 0.25) is 0 Å². The van der Waals surface area contributed by atoms with Gasteiger partial charge in [0.1, 0.15) is 0 Å². The lowest BCUT2D eigenvalue weighted by Crippen LogP contribution is -2.46. The van der Waals surface area contributed by atoms with Crippen LogP contribution in [-0.4, -0.2) is 36.1 Å². The van der Waals surface area contributed by atoms with E-state index < -0.39 is 10.5 Å². The zero-order valence-electron chi connectivity index (χ0n) is 12.1. The summed E-state index contributed by atoms with van der Waals surface area (Å²) in [7, 11) is 0. The Kier molecular flexibility index (Phi) is 4.42. The van der Waals surface area contributed by atoms with Gasteiger partial charge in [-0.2, -0.15) is 0 Å². The molecule has 1 fully saturated rings. The predicted molar refractivity (Wildman–Crippen MR) is 78.6 cm³/mol.